The molecule has 1 aliphatic carbocycles. The summed E-state index contributed by atoms with van der Waals surface area (Å²) in [5, 5.41) is 5.87. The lowest BCUT2D eigenvalue weighted by Gasteiger charge is -2.16. The SMILES string of the molecule is COc1ccc(OC)c(NC(=O)c2cncc(C(=O)NC3CCCCCC3)c2)c1. The highest BCUT2D eigenvalue weighted by Crippen LogP contribution is 2.29. The van der Waals surface area contributed by atoms with Gasteiger partial charge in [-0.05, 0) is 31.0 Å². The van der Waals surface area contributed by atoms with E-state index in [-0.39, 0.29) is 17.9 Å². The Balaban J connectivity index is 1.71. The zero-order valence-electron chi connectivity index (χ0n) is 16.9. The maximum atomic E-state index is 12.7. The van der Waals surface area contributed by atoms with Gasteiger partial charge < -0.3 is 20.1 Å². The molecule has 1 aromatic heterocycles. The summed E-state index contributed by atoms with van der Waals surface area (Å²) in [5.74, 6) is 0.524. The normalized spacial score (nSPS) is 14.6. The Kier molecular flexibility index (Phi) is 7.05. The Bertz CT molecular complexity index is 861. The molecule has 3 rings (SSSR count). The summed E-state index contributed by atoms with van der Waals surface area (Å²) in [4.78, 5) is 29.4. The molecule has 2 amide bonds. The number of nitrogens with one attached hydrogen (secondary N) is 2. The van der Waals surface area contributed by atoms with Crippen LogP contribution in [-0.2, 0) is 0 Å². The molecule has 0 radical (unpaired) electrons. The first-order valence-electron chi connectivity index (χ1n) is 9.90. The van der Waals surface area contributed by atoms with Gasteiger partial charge in [0.1, 0.15) is 11.5 Å². The molecule has 7 nitrogen and oxygen atoms in total. The number of benzene rings is 1. The Morgan fingerprint density at radius 2 is 1.62 bits per heavy atom. The summed E-state index contributed by atoms with van der Waals surface area (Å²) in [7, 11) is 3.07. The molecule has 2 N–H and O–H groups in total. The van der Waals surface area contributed by atoms with Crippen LogP contribution in [0.2, 0.25) is 0 Å². The zero-order valence-corrected chi connectivity index (χ0v) is 16.9. The number of anilines is 1. The molecular weight excluding hydrogens is 370 g/mol. The van der Waals surface area contributed by atoms with Crippen molar-refractivity contribution in [3.8, 4) is 11.5 Å². The van der Waals surface area contributed by atoms with Crippen molar-refractivity contribution in [3.05, 3.63) is 47.8 Å². The van der Waals surface area contributed by atoms with E-state index in [0.29, 0.717) is 28.3 Å². The second-order valence-corrected chi connectivity index (χ2v) is 7.14. The number of aromatic nitrogens is 1. The van der Waals surface area contributed by atoms with Crippen molar-refractivity contribution in [1.82, 2.24) is 10.3 Å². The van der Waals surface area contributed by atoms with E-state index in [9.17, 15) is 9.59 Å². The van der Waals surface area contributed by atoms with E-state index in [4.69, 9.17) is 9.47 Å². The Morgan fingerprint density at radius 1 is 0.931 bits per heavy atom. The van der Waals surface area contributed by atoms with Gasteiger partial charge in [-0.25, -0.2) is 0 Å². The third-order valence-electron chi connectivity index (χ3n) is 5.11. The highest BCUT2D eigenvalue weighted by molar-refractivity contribution is 6.06. The number of rotatable bonds is 6. The van der Waals surface area contributed by atoms with Gasteiger partial charge in [0.25, 0.3) is 11.8 Å². The monoisotopic (exact) mass is 397 g/mol. The van der Waals surface area contributed by atoms with Gasteiger partial charge in [0.05, 0.1) is 31.0 Å². The fourth-order valence-electron chi connectivity index (χ4n) is 3.49. The number of carbonyl (C=O) groups excluding carboxylic acids is 2. The minimum Gasteiger partial charge on any atom is -0.497 e. The highest BCUT2D eigenvalue weighted by Gasteiger charge is 2.18. The fourth-order valence-corrected chi connectivity index (χ4v) is 3.49. The minimum absolute atomic E-state index is 0.184. The first kappa shape index (κ1) is 20.6. The number of nitrogens with zero attached hydrogens (tertiary/aromatic N) is 1. The number of hydrogen-bond acceptors (Lipinski definition) is 5. The number of amides is 2. The van der Waals surface area contributed by atoms with Crippen LogP contribution in [0.25, 0.3) is 0 Å². The topological polar surface area (TPSA) is 89.6 Å². The molecule has 7 heteroatoms. The molecule has 0 spiro atoms. The Labute approximate surface area is 170 Å². The predicted octanol–water partition coefficient (Wildman–Crippen LogP) is 3.80. The van der Waals surface area contributed by atoms with Crippen molar-refractivity contribution in [3.63, 3.8) is 0 Å². The van der Waals surface area contributed by atoms with E-state index in [1.165, 1.54) is 32.3 Å². The van der Waals surface area contributed by atoms with Crippen LogP contribution in [-0.4, -0.2) is 37.1 Å². The largest absolute Gasteiger partial charge is 0.497 e. The van der Waals surface area contributed by atoms with Gasteiger partial charge in [0.15, 0.2) is 0 Å². The van der Waals surface area contributed by atoms with E-state index in [1.54, 1.807) is 31.4 Å². The van der Waals surface area contributed by atoms with Gasteiger partial charge in [-0.3, -0.25) is 14.6 Å². The lowest BCUT2D eigenvalue weighted by molar-refractivity contribution is 0.0933. The van der Waals surface area contributed by atoms with Crippen LogP contribution >= 0.6 is 0 Å². The van der Waals surface area contributed by atoms with E-state index >= 15 is 0 Å². The first-order chi connectivity index (χ1) is 14.1. The second-order valence-electron chi connectivity index (χ2n) is 7.14. The van der Waals surface area contributed by atoms with Crippen LogP contribution in [0.4, 0.5) is 5.69 Å². The molecule has 0 unspecified atom stereocenters. The van der Waals surface area contributed by atoms with E-state index in [0.717, 1.165) is 25.7 Å². The molecule has 29 heavy (non-hydrogen) atoms. The van der Waals surface area contributed by atoms with Gasteiger partial charge >= 0.3 is 0 Å². The average molecular weight is 397 g/mol. The van der Waals surface area contributed by atoms with Crippen LogP contribution in [0.15, 0.2) is 36.7 Å². The minimum atomic E-state index is -0.381. The summed E-state index contributed by atoms with van der Waals surface area (Å²) in [6.45, 7) is 0. The number of hydrogen-bond donors (Lipinski definition) is 2. The van der Waals surface area contributed by atoms with Crippen molar-refractivity contribution >= 4 is 17.5 Å². The quantitative estimate of drug-likeness (QED) is 0.724. The van der Waals surface area contributed by atoms with Gasteiger partial charge in [-0.15, -0.1) is 0 Å². The molecule has 1 aromatic carbocycles. The summed E-state index contributed by atoms with van der Waals surface area (Å²) < 4.78 is 10.5. The van der Waals surface area contributed by atoms with E-state index < -0.39 is 0 Å². The van der Waals surface area contributed by atoms with E-state index in [1.807, 2.05) is 0 Å². The number of methoxy groups -OCH3 is 2. The zero-order chi connectivity index (χ0) is 20.6. The Morgan fingerprint density at radius 3 is 2.28 bits per heavy atom. The number of carbonyl (C=O) groups is 2. The summed E-state index contributed by atoms with van der Waals surface area (Å²) >= 11 is 0. The van der Waals surface area contributed by atoms with Crippen LogP contribution in [0.1, 0.15) is 59.2 Å². The second kappa shape index (κ2) is 9.91. The lowest BCUT2D eigenvalue weighted by atomic mass is 10.1. The average Bonchev–Trinajstić information content (AvgIpc) is 3.02. The molecule has 0 bridgehead atoms. The highest BCUT2D eigenvalue weighted by atomic mass is 16.5. The first-order valence-corrected chi connectivity index (χ1v) is 9.90. The van der Waals surface area contributed by atoms with Crippen LogP contribution in [0.3, 0.4) is 0 Å². The number of ether oxygens (including phenoxy) is 2. The molecule has 1 saturated carbocycles. The van der Waals surface area contributed by atoms with Crippen molar-refractivity contribution in [1.29, 1.82) is 0 Å². The van der Waals surface area contributed by atoms with Crippen LogP contribution < -0.4 is 20.1 Å². The molecule has 0 saturated heterocycles. The smallest absolute Gasteiger partial charge is 0.257 e. The van der Waals surface area contributed by atoms with Crippen molar-refractivity contribution < 1.29 is 19.1 Å². The van der Waals surface area contributed by atoms with Crippen molar-refractivity contribution in [2.24, 2.45) is 0 Å². The lowest BCUT2D eigenvalue weighted by Crippen LogP contribution is -2.34. The van der Waals surface area contributed by atoms with Crippen LogP contribution in [0.5, 0.6) is 11.5 Å². The van der Waals surface area contributed by atoms with Gasteiger partial charge in [-0.2, -0.15) is 0 Å². The standard InChI is InChI=1S/C22H27N3O4/c1-28-18-9-10-20(29-2)19(12-18)25-22(27)16-11-15(13-23-14-16)21(26)24-17-7-5-3-4-6-8-17/h9-14,17H,3-8H2,1-2H3,(H,24,26)(H,25,27). The van der Waals surface area contributed by atoms with Crippen molar-refractivity contribution in [2.75, 3.05) is 19.5 Å². The summed E-state index contributed by atoms with van der Waals surface area (Å²) in [6.07, 6.45) is 9.61. The molecule has 0 atom stereocenters. The maximum Gasteiger partial charge on any atom is 0.257 e. The van der Waals surface area contributed by atoms with E-state index in [2.05, 4.69) is 15.6 Å². The van der Waals surface area contributed by atoms with Gasteiger partial charge in [-0.1, -0.05) is 25.7 Å². The molecule has 2 aromatic rings. The summed E-state index contributed by atoms with van der Waals surface area (Å²) in [5.41, 5.74) is 1.15. The number of pyridine rings is 1. The molecular formula is C22H27N3O4. The predicted molar refractivity (Wildman–Crippen MR) is 111 cm³/mol. The summed E-state index contributed by atoms with van der Waals surface area (Å²) in [6, 6.07) is 6.87. The molecule has 1 aliphatic rings. The van der Waals surface area contributed by atoms with Crippen LogP contribution in [0, 0.1) is 0 Å². The maximum absolute atomic E-state index is 12.7. The third-order valence-corrected chi connectivity index (χ3v) is 5.11. The third kappa shape index (κ3) is 5.47. The van der Waals surface area contributed by atoms with Crippen molar-refractivity contribution in [2.45, 2.75) is 44.6 Å². The molecule has 1 fully saturated rings. The van der Waals surface area contributed by atoms with Gasteiger partial charge in [0.2, 0.25) is 0 Å². The fraction of sp³-hybridized carbons (Fsp3) is 0.409. The Hall–Kier alpha value is -3.09. The van der Waals surface area contributed by atoms with Gasteiger partial charge in [0, 0.05) is 24.5 Å². The molecule has 0 aliphatic heterocycles. The molecule has 1 heterocycles. The molecule has 154 valence electrons.